The Kier molecular flexibility index (Phi) is 2.17. The number of fused-ring (bicyclic) bond motifs is 1. The monoisotopic (exact) mass is 189 g/mol. The van der Waals surface area contributed by atoms with Crippen LogP contribution in [0.25, 0.3) is 10.9 Å². The highest BCUT2D eigenvalue weighted by atomic mass is 15.0. The number of nitrogens with zero attached hydrogens (tertiary/aromatic N) is 1. The smallest absolute Gasteiger partial charge is 0.0713 e. The molecule has 14 heavy (non-hydrogen) atoms. The number of hydrogen-bond donors (Lipinski definition) is 2. The van der Waals surface area contributed by atoms with E-state index in [0.29, 0.717) is 0 Å². The molecule has 1 aromatic carbocycles. The zero-order valence-electron chi connectivity index (χ0n) is 8.54. The summed E-state index contributed by atoms with van der Waals surface area (Å²) in [5.74, 6) is 0. The van der Waals surface area contributed by atoms with Crippen LogP contribution in [0, 0.1) is 0 Å². The number of aryl methyl sites for hydroxylation is 1. The van der Waals surface area contributed by atoms with Crippen LogP contribution in [0.4, 0.5) is 5.69 Å². The molecule has 3 heteroatoms. The summed E-state index contributed by atoms with van der Waals surface area (Å²) >= 11 is 0. The van der Waals surface area contributed by atoms with Gasteiger partial charge in [0.1, 0.15) is 0 Å². The van der Waals surface area contributed by atoms with Gasteiger partial charge < -0.3 is 15.6 Å². The third-order valence-electron chi connectivity index (χ3n) is 2.54. The topological polar surface area (TPSA) is 43.0 Å². The molecular weight excluding hydrogens is 174 g/mol. The van der Waals surface area contributed by atoms with E-state index in [1.165, 1.54) is 11.1 Å². The fraction of sp³-hybridized carbons (Fsp3) is 0.273. The minimum atomic E-state index is 0.840. The van der Waals surface area contributed by atoms with Gasteiger partial charge in [0.2, 0.25) is 0 Å². The summed E-state index contributed by atoms with van der Waals surface area (Å²) < 4.78 is 2.14. The average Bonchev–Trinajstić information content (AvgIpc) is 2.46. The standard InChI is InChI=1S/C11H15N3/c1-13-7-9-6-8-4-3-5-10(12)11(8)14(9)2/h3-6,13H,7,12H2,1-2H3. The molecule has 0 spiro atoms. The van der Waals surface area contributed by atoms with Crippen LogP contribution in [0.15, 0.2) is 24.3 Å². The molecule has 2 rings (SSSR count). The summed E-state index contributed by atoms with van der Waals surface area (Å²) in [6.45, 7) is 0.866. The van der Waals surface area contributed by atoms with Gasteiger partial charge in [-0.2, -0.15) is 0 Å². The second-order valence-electron chi connectivity index (χ2n) is 3.51. The number of nitrogens with one attached hydrogen (secondary N) is 1. The lowest BCUT2D eigenvalue weighted by Gasteiger charge is -2.04. The number of hydrogen-bond acceptors (Lipinski definition) is 2. The van der Waals surface area contributed by atoms with Gasteiger partial charge in [-0.25, -0.2) is 0 Å². The molecule has 0 aliphatic carbocycles. The molecule has 3 nitrogen and oxygen atoms in total. The highest BCUT2D eigenvalue weighted by molar-refractivity contribution is 5.91. The van der Waals surface area contributed by atoms with Gasteiger partial charge in [0.25, 0.3) is 0 Å². The summed E-state index contributed by atoms with van der Waals surface area (Å²) in [6.07, 6.45) is 0. The van der Waals surface area contributed by atoms with Crippen molar-refractivity contribution in [3.05, 3.63) is 30.0 Å². The van der Waals surface area contributed by atoms with E-state index in [2.05, 4.69) is 22.0 Å². The Bertz CT molecular complexity index is 457. The normalized spacial score (nSPS) is 11.0. The number of aromatic nitrogens is 1. The molecule has 2 aromatic rings. The molecule has 0 saturated carbocycles. The fourth-order valence-corrected chi connectivity index (χ4v) is 1.85. The lowest BCUT2D eigenvalue weighted by atomic mass is 10.2. The van der Waals surface area contributed by atoms with E-state index in [1.807, 2.05) is 26.2 Å². The Balaban J connectivity index is 2.68. The van der Waals surface area contributed by atoms with Crippen LogP contribution in [-0.2, 0) is 13.6 Å². The Morgan fingerprint density at radius 3 is 2.86 bits per heavy atom. The zero-order chi connectivity index (χ0) is 10.1. The minimum absolute atomic E-state index is 0.840. The highest BCUT2D eigenvalue weighted by Crippen LogP contribution is 2.23. The molecule has 3 N–H and O–H groups in total. The summed E-state index contributed by atoms with van der Waals surface area (Å²) in [4.78, 5) is 0. The number of benzene rings is 1. The first kappa shape index (κ1) is 9.09. The van der Waals surface area contributed by atoms with Crippen molar-refractivity contribution < 1.29 is 0 Å². The number of rotatable bonds is 2. The van der Waals surface area contributed by atoms with Crippen LogP contribution < -0.4 is 11.1 Å². The third-order valence-corrected chi connectivity index (χ3v) is 2.54. The van der Waals surface area contributed by atoms with E-state index >= 15 is 0 Å². The third kappa shape index (κ3) is 1.26. The van der Waals surface area contributed by atoms with Crippen LogP contribution in [0.5, 0.6) is 0 Å². The lowest BCUT2D eigenvalue weighted by Crippen LogP contribution is -2.09. The summed E-state index contributed by atoms with van der Waals surface area (Å²) in [5.41, 5.74) is 9.14. The van der Waals surface area contributed by atoms with E-state index in [-0.39, 0.29) is 0 Å². The van der Waals surface area contributed by atoms with Gasteiger partial charge >= 0.3 is 0 Å². The lowest BCUT2D eigenvalue weighted by molar-refractivity contribution is 0.745. The van der Waals surface area contributed by atoms with Crippen LogP contribution >= 0.6 is 0 Å². The van der Waals surface area contributed by atoms with Gasteiger partial charge in [-0.15, -0.1) is 0 Å². The maximum atomic E-state index is 5.93. The van der Waals surface area contributed by atoms with Crippen molar-refractivity contribution in [2.24, 2.45) is 7.05 Å². The Hall–Kier alpha value is -1.48. The fourth-order valence-electron chi connectivity index (χ4n) is 1.85. The van der Waals surface area contributed by atoms with Gasteiger partial charge in [-0.3, -0.25) is 0 Å². The maximum Gasteiger partial charge on any atom is 0.0713 e. The van der Waals surface area contributed by atoms with E-state index in [0.717, 1.165) is 17.7 Å². The summed E-state index contributed by atoms with van der Waals surface area (Å²) in [7, 11) is 3.99. The minimum Gasteiger partial charge on any atom is -0.397 e. The quantitative estimate of drug-likeness (QED) is 0.703. The maximum absolute atomic E-state index is 5.93. The van der Waals surface area contributed by atoms with Crippen LogP contribution in [0.2, 0.25) is 0 Å². The number of anilines is 1. The first-order valence-electron chi connectivity index (χ1n) is 4.71. The predicted molar refractivity (Wildman–Crippen MR) is 60.1 cm³/mol. The van der Waals surface area contributed by atoms with Crippen molar-refractivity contribution in [1.82, 2.24) is 9.88 Å². The second-order valence-corrected chi connectivity index (χ2v) is 3.51. The molecule has 0 saturated heterocycles. The van der Waals surface area contributed by atoms with Gasteiger partial charge in [-0.05, 0) is 19.2 Å². The van der Waals surface area contributed by atoms with Crippen LogP contribution in [0.1, 0.15) is 5.69 Å². The number of nitrogen functional groups attached to an aromatic ring is 1. The molecule has 0 amide bonds. The van der Waals surface area contributed by atoms with Gasteiger partial charge in [0.05, 0.1) is 11.2 Å². The van der Waals surface area contributed by atoms with E-state index in [9.17, 15) is 0 Å². The predicted octanol–water partition coefficient (Wildman–Crippen LogP) is 1.48. The van der Waals surface area contributed by atoms with Gasteiger partial charge in [-0.1, -0.05) is 12.1 Å². The molecule has 1 heterocycles. The van der Waals surface area contributed by atoms with Crippen molar-refractivity contribution in [2.45, 2.75) is 6.54 Å². The van der Waals surface area contributed by atoms with Crippen LogP contribution in [0.3, 0.4) is 0 Å². The number of para-hydroxylation sites is 1. The summed E-state index contributed by atoms with van der Waals surface area (Å²) in [6, 6.07) is 8.18. The van der Waals surface area contributed by atoms with Crippen molar-refractivity contribution in [2.75, 3.05) is 12.8 Å². The Morgan fingerprint density at radius 2 is 2.21 bits per heavy atom. The van der Waals surface area contributed by atoms with Crippen molar-refractivity contribution in [3.63, 3.8) is 0 Å². The number of nitrogens with two attached hydrogens (primary N) is 1. The second kappa shape index (κ2) is 3.35. The average molecular weight is 189 g/mol. The molecule has 0 fully saturated rings. The zero-order valence-corrected chi connectivity index (χ0v) is 8.54. The molecule has 0 atom stereocenters. The van der Waals surface area contributed by atoms with Crippen LogP contribution in [-0.4, -0.2) is 11.6 Å². The Morgan fingerprint density at radius 1 is 1.43 bits per heavy atom. The van der Waals surface area contributed by atoms with E-state index in [4.69, 9.17) is 5.73 Å². The summed E-state index contributed by atoms with van der Waals surface area (Å²) in [5, 5.41) is 4.35. The highest BCUT2D eigenvalue weighted by Gasteiger charge is 2.06. The molecule has 0 unspecified atom stereocenters. The van der Waals surface area contributed by atoms with Crippen molar-refractivity contribution in [3.8, 4) is 0 Å². The molecule has 0 aliphatic rings. The first-order valence-corrected chi connectivity index (χ1v) is 4.71. The molecule has 0 bridgehead atoms. The molecule has 1 aromatic heterocycles. The van der Waals surface area contributed by atoms with Crippen molar-refractivity contribution >= 4 is 16.6 Å². The largest absolute Gasteiger partial charge is 0.397 e. The SMILES string of the molecule is CNCc1cc2cccc(N)c2n1C. The Labute approximate surface area is 83.5 Å². The molecule has 0 radical (unpaired) electrons. The van der Waals surface area contributed by atoms with Crippen molar-refractivity contribution in [1.29, 1.82) is 0 Å². The molecular formula is C11H15N3. The molecule has 74 valence electrons. The van der Waals surface area contributed by atoms with E-state index < -0.39 is 0 Å². The first-order chi connectivity index (χ1) is 6.74. The molecule has 0 aliphatic heterocycles. The van der Waals surface area contributed by atoms with Gasteiger partial charge in [0.15, 0.2) is 0 Å². The van der Waals surface area contributed by atoms with Gasteiger partial charge in [0, 0.05) is 24.7 Å². The van der Waals surface area contributed by atoms with E-state index in [1.54, 1.807) is 0 Å².